The van der Waals surface area contributed by atoms with Gasteiger partial charge in [-0.15, -0.1) is 5.10 Å². The third-order valence-electron chi connectivity index (χ3n) is 2.53. The van der Waals surface area contributed by atoms with Gasteiger partial charge < -0.3 is 5.11 Å². The lowest BCUT2D eigenvalue weighted by Gasteiger charge is -2.12. The Morgan fingerprint density at radius 3 is 2.59 bits per heavy atom. The van der Waals surface area contributed by atoms with Gasteiger partial charge in [0.05, 0.1) is 11.9 Å². The van der Waals surface area contributed by atoms with Crippen LogP contribution in [0.4, 0.5) is 4.39 Å². The first-order chi connectivity index (χ1) is 7.88. The molecule has 1 aromatic heterocycles. The van der Waals surface area contributed by atoms with E-state index in [4.69, 9.17) is 0 Å². The Balaban J connectivity index is 2.44. The second kappa shape index (κ2) is 3.92. The van der Waals surface area contributed by atoms with Crippen molar-refractivity contribution in [3.63, 3.8) is 0 Å². The molecule has 0 saturated heterocycles. The van der Waals surface area contributed by atoms with Gasteiger partial charge in [0, 0.05) is 0 Å². The molecule has 0 spiro atoms. The van der Waals surface area contributed by atoms with Crippen molar-refractivity contribution >= 4 is 0 Å². The molecule has 90 valence electrons. The number of rotatable bonds is 2. The molecule has 1 N–H and O–H groups in total. The summed E-state index contributed by atoms with van der Waals surface area (Å²) in [7, 11) is 0. The van der Waals surface area contributed by atoms with E-state index in [2.05, 4.69) is 10.3 Å². The summed E-state index contributed by atoms with van der Waals surface area (Å²) in [6, 6.07) is 4.43. The van der Waals surface area contributed by atoms with Crippen LogP contribution in [-0.4, -0.2) is 20.1 Å². The number of nitrogens with zero attached hydrogens (tertiary/aromatic N) is 3. The van der Waals surface area contributed by atoms with Crippen LogP contribution in [0.15, 0.2) is 24.4 Å². The molecule has 1 aromatic carbocycles. The average molecular weight is 235 g/mol. The Morgan fingerprint density at radius 2 is 2.06 bits per heavy atom. The number of aromatic nitrogens is 3. The van der Waals surface area contributed by atoms with Gasteiger partial charge in [0.25, 0.3) is 0 Å². The SMILES string of the molecule is Cc1cc(F)ccc1-n1cc(C(C)(C)O)nn1. The number of aryl methyl sites for hydroxylation is 1. The van der Waals surface area contributed by atoms with E-state index in [1.165, 1.54) is 16.8 Å². The molecule has 2 rings (SSSR count). The van der Waals surface area contributed by atoms with Crippen LogP contribution in [0.3, 0.4) is 0 Å². The summed E-state index contributed by atoms with van der Waals surface area (Å²) in [4.78, 5) is 0. The maximum absolute atomic E-state index is 13.0. The highest BCUT2D eigenvalue weighted by Gasteiger charge is 2.20. The van der Waals surface area contributed by atoms with Crippen molar-refractivity contribution in [1.82, 2.24) is 15.0 Å². The molecule has 0 aliphatic carbocycles. The van der Waals surface area contributed by atoms with Crippen LogP contribution in [0.5, 0.6) is 0 Å². The quantitative estimate of drug-likeness (QED) is 0.865. The van der Waals surface area contributed by atoms with E-state index < -0.39 is 5.60 Å². The van der Waals surface area contributed by atoms with Crippen molar-refractivity contribution in [1.29, 1.82) is 0 Å². The lowest BCUT2D eigenvalue weighted by atomic mass is 10.1. The van der Waals surface area contributed by atoms with Gasteiger partial charge in [-0.1, -0.05) is 5.21 Å². The van der Waals surface area contributed by atoms with Crippen molar-refractivity contribution in [2.24, 2.45) is 0 Å². The van der Waals surface area contributed by atoms with E-state index in [1.807, 2.05) is 0 Å². The summed E-state index contributed by atoms with van der Waals surface area (Å²) >= 11 is 0. The van der Waals surface area contributed by atoms with Gasteiger partial charge in [-0.2, -0.15) is 0 Å². The zero-order chi connectivity index (χ0) is 12.6. The summed E-state index contributed by atoms with van der Waals surface area (Å²) in [5, 5.41) is 17.6. The Bertz CT molecular complexity index is 543. The molecule has 0 aliphatic heterocycles. The minimum atomic E-state index is -1.04. The molecular formula is C12H14FN3O. The lowest BCUT2D eigenvalue weighted by Crippen LogP contribution is -2.15. The zero-order valence-electron chi connectivity index (χ0n) is 9.98. The second-order valence-electron chi connectivity index (χ2n) is 4.54. The number of aliphatic hydroxyl groups is 1. The number of hydrogen-bond donors (Lipinski definition) is 1. The lowest BCUT2D eigenvalue weighted by molar-refractivity contribution is 0.0737. The summed E-state index contributed by atoms with van der Waals surface area (Å²) in [6.07, 6.45) is 1.64. The Hall–Kier alpha value is -1.75. The third-order valence-corrected chi connectivity index (χ3v) is 2.53. The molecular weight excluding hydrogens is 221 g/mol. The molecule has 17 heavy (non-hydrogen) atoms. The van der Waals surface area contributed by atoms with Crippen LogP contribution >= 0.6 is 0 Å². The predicted octanol–water partition coefficient (Wildman–Crippen LogP) is 1.94. The molecule has 0 fully saturated rings. The fourth-order valence-electron chi connectivity index (χ4n) is 1.54. The molecule has 0 radical (unpaired) electrons. The van der Waals surface area contributed by atoms with Crippen molar-refractivity contribution < 1.29 is 9.50 Å². The smallest absolute Gasteiger partial charge is 0.123 e. The maximum Gasteiger partial charge on any atom is 0.123 e. The second-order valence-corrected chi connectivity index (χ2v) is 4.54. The van der Waals surface area contributed by atoms with Crippen molar-refractivity contribution in [3.05, 3.63) is 41.5 Å². The highest BCUT2D eigenvalue weighted by atomic mass is 19.1. The summed E-state index contributed by atoms with van der Waals surface area (Å²) < 4.78 is 14.5. The number of benzene rings is 1. The standard InChI is InChI=1S/C12H14FN3O/c1-8-6-9(13)4-5-10(8)16-7-11(14-15-16)12(2,3)17/h4-7,17H,1-3H3. The highest BCUT2D eigenvalue weighted by Crippen LogP contribution is 2.19. The van der Waals surface area contributed by atoms with E-state index in [-0.39, 0.29) is 5.82 Å². The van der Waals surface area contributed by atoms with E-state index in [0.29, 0.717) is 5.69 Å². The fourth-order valence-corrected chi connectivity index (χ4v) is 1.54. The molecule has 2 aromatic rings. The first kappa shape index (κ1) is 11.7. The van der Waals surface area contributed by atoms with Crippen molar-refractivity contribution in [3.8, 4) is 5.69 Å². The van der Waals surface area contributed by atoms with E-state index >= 15 is 0 Å². The van der Waals surface area contributed by atoms with Gasteiger partial charge in [0.2, 0.25) is 0 Å². The van der Waals surface area contributed by atoms with Crippen LogP contribution < -0.4 is 0 Å². The first-order valence-corrected chi connectivity index (χ1v) is 5.29. The van der Waals surface area contributed by atoms with Crippen LogP contribution in [0.25, 0.3) is 5.69 Å². The largest absolute Gasteiger partial charge is 0.384 e. The van der Waals surface area contributed by atoms with Crippen LogP contribution in [0.2, 0.25) is 0 Å². The zero-order valence-corrected chi connectivity index (χ0v) is 9.98. The minimum absolute atomic E-state index is 0.283. The van der Waals surface area contributed by atoms with E-state index in [1.54, 1.807) is 33.0 Å². The van der Waals surface area contributed by atoms with Gasteiger partial charge in [0.1, 0.15) is 17.1 Å². The van der Waals surface area contributed by atoms with Crippen molar-refractivity contribution in [2.75, 3.05) is 0 Å². The van der Waals surface area contributed by atoms with Crippen LogP contribution in [0, 0.1) is 12.7 Å². The van der Waals surface area contributed by atoms with Crippen LogP contribution in [0.1, 0.15) is 25.1 Å². The van der Waals surface area contributed by atoms with E-state index in [0.717, 1.165) is 11.3 Å². The topological polar surface area (TPSA) is 50.9 Å². The van der Waals surface area contributed by atoms with Gasteiger partial charge in [-0.25, -0.2) is 9.07 Å². The summed E-state index contributed by atoms with van der Waals surface area (Å²) in [5.74, 6) is -0.283. The first-order valence-electron chi connectivity index (χ1n) is 5.29. The fraction of sp³-hybridized carbons (Fsp3) is 0.333. The minimum Gasteiger partial charge on any atom is -0.384 e. The summed E-state index contributed by atoms with van der Waals surface area (Å²) in [5.41, 5.74) is 0.944. The van der Waals surface area contributed by atoms with Gasteiger partial charge in [0.15, 0.2) is 0 Å². The Kier molecular flexibility index (Phi) is 2.71. The maximum atomic E-state index is 13.0. The van der Waals surface area contributed by atoms with Gasteiger partial charge in [-0.05, 0) is 44.5 Å². The molecule has 0 bridgehead atoms. The van der Waals surface area contributed by atoms with Gasteiger partial charge >= 0.3 is 0 Å². The Morgan fingerprint density at radius 1 is 1.35 bits per heavy atom. The number of hydrogen-bond acceptors (Lipinski definition) is 3. The van der Waals surface area contributed by atoms with Crippen LogP contribution in [-0.2, 0) is 5.60 Å². The molecule has 0 amide bonds. The molecule has 1 heterocycles. The molecule has 0 saturated carbocycles. The monoisotopic (exact) mass is 235 g/mol. The molecule has 5 heteroatoms. The van der Waals surface area contributed by atoms with Crippen molar-refractivity contribution in [2.45, 2.75) is 26.4 Å². The molecule has 4 nitrogen and oxygen atoms in total. The highest BCUT2D eigenvalue weighted by molar-refractivity contribution is 5.39. The normalized spacial score (nSPS) is 11.8. The van der Waals surface area contributed by atoms with Gasteiger partial charge in [-0.3, -0.25) is 0 Å². The average Bonchev–Trinajstić information content (AvgIpc) is 2.65. The summed E-state index contributed by atoms with van der Waals surface area (Å²) in [6.45, 7) is 5.07. The number of halogens is 1. The molecule has 0 unspecified atom stereocenters. The third kappa shape index (κ3) is 2.34. The van der Waals surface area contributed by atoms with E-state index in [9.17, 15) is 9.50 Å². The predicted molar refractivity (Wildman–Crippen MR) is 61.3 cm³/mol. The molecule has 0 aliphatic rings. The molecule has 0 atom stereocenters. The Labute approximate surface area is 98.7 Å².